The summed E-state index contributed by atoms with van der Waals surface area (Å²) in [6, 6.07) is 17.7. The van der Waals surface area contributed by atoms with Gasteiger partial charge < -0.3 is 14.5 Å². The van der Waals surface area contributed by atoms with Crippen LogP contribution in [-0.2, 0) is 16.6 Å². The van der Waals surface area contributed by atoms with Gasteiger partial charge in [0.1, 0.15) is 10.8 Å². The molecule has 4 rings (SSSR count). The van der Waals surface area contributed by atoms with E-state index in [1.807, 2.05) is 42.5 Å². The van der Waals surface area contributed by atoms with Gasteiger partial charge in [0.15, 0.2) is 11.7 Å². The van der Waals surface area contributed by atoms with Crippen molar-refractivity contribution in [3.05, 3.63) is 77.3 Å². The monoisotopic (exact) mass is 448 g/mol. The maximum Gasteiger partial charge on any atom is 0.226 e. The number of hydrogen-bond acceptors (Lipinski definition) is 7. The molecule has 2 aromatic heterocycles. The molecule has 2 heterocycles. The number of benzene rings is 2. The SMILES string of the molecule is COc1ccc(-c2cnc(CCC(=O)Nc3nnc(C(C)(C)c4ccccc4)s3)o2)cc1. The highest BCUT2D eigenvalue weighted by Gasteiger charge is 2.27. The standard InChI is InChI=1S/C24H24N4O3S/c1-24(2,17-7-5-4-6-8-17)22-27-28-23(32-22)26-20(29)13-14-21-25-15-19(31-21)16-9-11-18(30-3)12-10-16/h4-12,15H,13-14H2,1-3H3,(H,26,28,29). The second-order valence-electron chi connectivity index (χ2n) is 7.80. The van der Waals surface area contributed by atoms with E-state index in [1.54, 1.807) is 13.3 Å². The predicted molar refractivity (Wildman–Crippen MR) is 124 cm³/mol. The molecule has 4 aromatic rings. The zero-order chi connectivity index (χ0) is 22.6. The minimum Gasteiger partial charge on any atom is -0.497 e. The molecule has 0 aliphatic carbocycles. The van der Waals surface area contributed by atoms with Crippen LogP contribution in [-0.4, -0.2) is 28.2 Å². The first-order valence-corrected chi connectivity index (χ1v) is 11.1. The Balaban J connectivity index is 1.33. The van der Waals surface area contributed by atoms with E-state index in [9.17, 15) is 4.79 Å². The van der Waals surface area contributed by atoms with Gasteiger partial charge >= 0.3 is 0 Å². The predicted octanol–water partition coefficient (Wildman–Crippen LogP) is 5.10. The van der Waals surface area contributed by atoms with Gasteiger partial charge in [-0.1, -0.05) is 41.7 Å². The number of carbonyl (C=O) groups excluding carboxylic acids is 1. The molecule has 164 valence electrons. The minimum absolute atomic E-state index is 0.158. The number of aromatic nitrogens is 3. The number of rotatable bonds is 8. The average molecular weight is 449 g/mol. The number of aryl methyl sites for hydroxylation is 1. The Morgan fingerprint density at radius 3 is 2.56 bits per heavy atom. The van der Waals surface area contributed by atoms with Gasteiger partial charge in [0.05, 0.1) is 13.3 Å². The van der Waals surface area contributed by atoms with Crippen LogP contribution in [0.2, 0.25) is 0 Å². The van der Waals surface area contributed by atoms with Gasteiger partial charge in [0.2, 0.25) is 11.0 Å². The van der Waals surface area contributed by atoms with Crippen LogP contribution in [0.4, 0.5) is 5.13 Å². The first kappa shape index (κ1) is 21.7. The van der Waals surface area contributed by atoms with Crippen molar-refractivity contribution in [3.63, 3.8) is 0 Å². The van der Waals surface area contributed by atoms with Crippen LogP contribution in [0.25, 0.3) is 11.3 Å². The highest BCUT2D eigenvalue weighted by molar-refractivity contribution is 7.15. The smallest absolute Gasteiger partial charge is 0.226 e. The van der Waals surface area contributed by atoms with Crippen LogP contribution < -0.4 is 10.1 Å². The fourth-order valence-electron chi connectivity index (χ4n) is 3.22. The fourth-order valence-corrected chi connectivity index (χ4v) is 4.11. The van der Waals surface area contributed by atoms with Crippen molar-refractivity contribution in [2.24, 2.45) is 0 Å². The molecule has 0 radical (unpaired) electrons. The van der Waals surface area contributed by atoms with E-state index in [0.717, 1.165) is 21.9 Å². The molecule has 1 N–H and O–H groups in total. The van der Waals surface area contributed by atoms with Crippen LogP contribution in [0.1, 0.15) is 36.7 Å². The number of nitrogens with one attached hydrogen (secondary N) is 1. The molecule has 0 unspecified atom stereocenters. The summed E-state index contributed by atoms with van der Waals surface area (Å²) in [6.07, 6.45) is 2.29. The zero-order valence-electron chi connectivity index (χ0n) is 18.2. The fraction of sp³-hybridized carbons (Fsp3) is 0.250. The van der Waals surface area contributed by atoms with E-state index in [0.29, 0.717) is 23.2 Å². The first-order valence-electron chi connectivity index (χ1n) is 10.2. The topological polar surface area (TPSA) is 90.1 Å². The largest absolute Gasteiger partial charge is 0.497 e. The molecular formula is C24H24N4O3S. The lowest BCUT2D eigenvalue weighted by Gasteiger charge is -2.21. The van der Waals surface area contributed by atoms with E-state index in [2.05, 4.69) is 46.5 Å². The molecular weight excluding hydrogens is 424 g/mol. The molecule has 0 saturated carbocycles. The van der Waals surface area contributed by atoms with Gasteiger partial charge in [0.25, 0.3) is 0 Å². The number of ether oxygens (including phenoxy) is 1. The molecule has 1 amide bonds. The molecule has 0 aliphatic rings. The zero-order valence-corrected chi connectivity index (χ0v) is 19.0. The quantitative estimate of drug-likeness (QED) is 0.403. The lowest BCUT2D eigenvalue weighted by molar-refractivity contribution is -0.116. The number of nitrogens with zero attached hydrogens (tertiary/aromatic N) is 3. The van der Waals surface area contributed by atoms with E-state index in [-0.39, 0.29) is 17.7 Å². The second-order valence-corrected chi connectivity index (χ2v) is 8.78. The van der Waals surface area contributed by atoms with Crippen molar-refractivity contribution in [1.29, 1.82) is 0 Å². The maximum atomic E-state index is 12.4. The normalized spacial score (nSPS) is 11.3. The number of carbonyl (C=O) groups is 1. The first-order chi connectivity index (χ1) is 15.5. The van der Waals surface area contributed by atoms with Crippen LogP contribution in [0, 0.1) is 0 Å². The van der Waals surface area contributed by atoms with Gasteiger partial charge in [-0.2, -0.15) is 0 Å². The average Bonchev–Trinajstić information content (AvgIpc) is 3.49. The third kappa shape index (κ3) is 4.86. The molecule has 7 nitrogen and oxygen atoms in total. The van der Waals surface area contributed by atoms with E-state index in [4.69, 9.17) is 9.15 Å². The van der Waals surface area contributed by atoms with Crippen molar-refractivity contribution < 1.29 is 13.9 Å². The summed E-state index contributed by atoms with van der Waals surface area (Å²) in [5.74, 6) is 1.78. The van der Waals surface area contributed by atoms with E-state index in [1.165, 1.54) is 11.3 Å². The van der Waals surface area contributed by atoms with Gasteiger partial charge in [0, 0.05) is 23.8 Å². The van der Waals surface area contributed by atoms with Crippen LogP contribution in [0.5, 0.6) is 5.75 Å². The van der Waals surface area contributed by atoms with Gasteiger partial charge in [-0.3, -0.25) is 4.79 Å². The molecule has 0 saturated heterocycles. The highest BCUT2D eigenvalue weighted by atomic mass is 32.1. The summed E-state index contributed by atoms with van der Waals surface area (Å²) in [7, 11) is 1.62. The summed E-state index contributed by atoms with van der Waals surface area (Å²) >= 11 is 1.39. The van der Waals surface area contributed by atoms with Crippen molar-refractivity contribution in [3.8, 4) is 17.1 Å². The number of oxazole rings is 1. The Morgan fingerprint density at radius 2 is 1.84 bits per heavy atom. The van der Waals surface area contributed by atoms with Gasteiger partial charge in [-0.05, 0) is 43.7 Å². The molecule has 2 aromatic carbocycles. The summed E-state index contributed by atoms with van der Waals surface area (Å²) in [6.45, 7) is 4.19. The summed E-state index contributed by atoms with van der Waals surface area (Å²) in [5.41, 5.74) is 1.75. The second kappa shape index (κ2) is 9.32. The van der Waals surface area contributed by atoms with Crippen molar-refractivity contribution in [2.45, 2.75) is 32.1 Å². The lowest BCUT2D eigenvalue weighted by atomic mass is 9.85. The van der Waals surface area contributed by atoms with Crippen LogP contribution in [0.3, 0.4) is 0 Å². The molecule has 0 atom stereocenters. The Morgan fingerprint density at radius 1 is 1.09 bits per heavy atom. The van der Waals surface area contributed by atoms with Crippen LogP contribution >= 0.6 is 11.3 Å². The highest BCUT2D eigenvalue weighted by Crippen LogP contribution is 2.34. The molecule has 0 spiro atoms. The Hall–Kier alpha value is -3.52. The molecule has 8 heteroatoms. The molecule has 0 bridgehead atoms. The Kier molecular flexibility index (Phi) is 6.32. The summed E-state index contributed by atoms with van der Waals surface area (Å²) in [5, 5.41) is 12.6. The van der Waals surface area contributed by atoms with Crippen molar-refractivity contribution in [2.75, 3.05) is 12.4 Å². The van der Waals surface area contributed by atoms with E-state index >= 15 is 0 Å². The lowest BCUT2D eigenvalue weighted by Crippen LogP contribution is -2.18. The number of methoxy groups -OCH3 is 1. The maximum absolute atomic E-state index is 12.4. The molecule has 32 heavy (non-hydrogen) atoms. The summed E-state index contributed by atoms with van der Waals surface area (Å²) < 4.78 is 11.0. The van der Waals surface area contributed by atoms with Crippen molar-refractivity contribution >= 4 is 22.4 Å². The van der Waals surface area contributed by atoms with Gasteiger partial charge in [-0.15, -0.1) is 10.2 Å². The third-order valence-corrected chi connectivity index (χ3v) is 6.36. The van der Waals surface area contributed by atoms with E-state index < -0.39 is 0 Å². The third-order valence-electron chi connectivity index (χ3n) is 5.20. The van der Waals surface area contributed by atoms with Crippen LogP contribution in [0.15, 0.2) is 65.2 Å². The van der Waals surface area contributed by atoms with Gasteiger partial charge in [-0.25, -0.2) is 4.98 Å². The number of anilines is 1. The molecule has 0 aliphatic heterocycles. The Labute approximate surface area is 190 Å². The number of hydrogen-bond donors (Lipinski definition) is 1. The minimum atomic E-state index is -0.294. The Bertz CT molecular complexity index is 1180. The summed E-state index contributed by atoms with van der Waals surface area (Å²) in [4.78, 5) is 16.7. The molecule has 0 fully saturated rings. The number of amides is 1. The van der Waals surface area contributed by atoms with Crippen molar-refractivity contribution in [1.82, 2.24) is 15.2 Å².